The predicted molar refractivity (Wildman–Crippen MR) is 114 cm³/mol. The Labute approximate surface area is 174 Å². The number of hydrogen-bond donors (Lipinski definition) is 1. The highest BCUT2D eigenvalue weighted by Gasteiger charge is 2.31. The Morgan fingerprint density at radius 2 is 1.63 bits per heavy atom. The van der Waals surface area contributed by atoms with Crippen LogP contribution in [0.5, 0.6) is 0 Å². The van der Waals surface area contributed by atoms with Gasteiger partial charge >= 0.3 is 6.18 Å². The van der Waals surface area contributed by atoms with Crippen molar-refractivity contribution in [3.63, 3.8) is 0 Å². The minimum atomic E-state index is -4.48. The first kappa shape index (κ1) is 21.6. The van der Waals surface area contributed by atoms with Crippen LogP contribution in [0.4, 0.5) is 30.5 Å². The lowest BCUT2D eigenvalue weighted by atomic mass is 10.0. The van der Waals surface area contributed by atoms with Gasteiger partial charge in [0.1, 0.15) is 0 Å². The molecule has 30 heavy (non-hydrogen) atoms. The summed E-state index contributed by atoms with van der Waals surface area (Å²) in [7, 11) is 0. The van der Waals surface area contributed by atoms with Gasteiger partial charge in [-0.3, -0.25) is 5.43 Å². The summed E-state index contributed by atoms with van der Waals surface area (Å²) in [6.45, 7) is 8.25. The molecule has 0 saturated heterocycles. The zero-order valence-corrected chi connectivity index (χ0v) is 17.5. The summed E-state index contributed by atoms with van der Waals surface area (Å²) >= 11 is 0. The van der Waals surface area contributed by atoms with Crippen molar-refractivity contribution in [3.05, 3.63) is 77.1 Å². The quantitative estimate of drug-likeness (QED) is 0.458. The second kappa shape index (κ2) is 8.73. The number of aromatic nitrogens is 2. The molecule has 158 valence electrons. The Kier molecular flexibility index (Phi) is 6.29. The van der Waals surface area contributed by atoms with Gasteiger partial charge in [-0.25, -0.2) is 15.0 Å². The molecule has 0 radical (unpaired) electrons. The number of alkyl halides is 3. The van der Waals surface area contributed by atoms with E-state index < -0.39 is 11.7 Å². The highest BCUT2D eigenvalue weighted by Crippen LogP contribution is 2.31. The number of anilines is 3. The molecule has 3 rings (SSSR count). The molecule has 3 aromatic rings. The number of nitrogens with one attached hydrogen (secondary N) is 1. The monoisotopic (exact) mass is 414 g/mol. The first-order valence-electron chi connectivity index (χ1n) is 9.84. The van der Waals surface area contributed by atoms with Gasteiger partial charge in [-0.2, -0.15) is 13.2 Å². The summed E-state index contributed by atoms with van der Waals surface area (Å²) in [6, 6.07) is 13.9. The molecule has 0 saturated carbocycles. The number of hydrazine groups is 1. The molecule has 0 unspecified atom stereocenters. The van der Waals surface area contributed by atoms with E-state index in [9.17, 15) is 13.2 Å². The van der Waals surface area contributed by atoms with E-state index >= 15 is 0 Å². The SMILES string of the molecule is CCc1ccc(N(Nc2ccc(C(C)C)cc2)c2ncc(C(F)(F)F)cn2)c(C)c1. The first-order chi connectivity index (χ1) is 14.2. The number of rotatable bonds is 6. The zero-order valence-electron chi connectivity index (χ0n) is 17.5. The summed E-state index contributed by atoms with van der Waals surface area (Å²) in [6.07, 6.45) is -1.99. The van der Waals surface area contributed by atoms with Crippen molar-refractivity contribution in [2.24, 2.45) is 0 Å². The van der Waals surface area contributed by atoms with Crippen molar-refractivity contribution in [2.75, 3.05) is 10.4 Å². The van der Waals surface area contributed by atoms with Crippen LogP contribution in [-0.2, 0) is 12.6 Å². The molecule has 0 amide bonds. The number of hydrogen-bond acceptors (Lipinski definition) is 4. The average molecular weight is 414 g/mol. The summed E-state index contributed by atoms with van der Waals surface area (Å²) in [4.78, 5) is 7.96. The maximum Gasteiger partial charge on any atom is 0.419 e. The average Bonchev–Trinajstić information content (AvgIpc) is 2.72. The van der Waals surface area contributed by atoms with Crippen molar-refractivity contribution >= 4 is 17.3 Å². The molecule has 0 aliphatic heterocycles. The molecule has 1 heterocycles. The van der Waals surface area contributed by atoms with Gasteiger partial charge in [0, 0.05) is 12.4 Å². The normalized spacial score (nSPS) is 11.6. The molecule has 0 fully saturated rings. The minimum absolute atomic E-state index is 0.128. The third-order valence-electron chi connectivity index (χ3n) is 4.89. The van der Waals surface area contributed by atoms with Crippen LogP contribution in [0.2, 0.25) is 0 Å². The third kappa shape index (κ3) is 4.90. The Morgan fingerprint density at radius 3 is 2.13 bits per heavy atom. The Morgan fingerprint density at radius 1 is 1.00 bits per heavy atom. The Balaban J connectivity index is 2.00. The molecule has 0 atom stereocenters. The maximum absolute atomic E-state index is 12.9. The smallest absolute Gasteiger partial charge is 0.291 e. The topological polar surface area (TPSA) is 41.0 Å². The van der Waals surface area contributed by atoms with E-state index in [-0.39, 0.29) is 5.95 Å². The molecule has 4 nitrogen and oxygen atoms in total. The zero-order chi connectivity index (χ0) is 21.9. The van der Waals surface area contributed by atoms with Crippen LogP contribution in [0.1, 0.15) is 48.9 Å². The van der Waals surface area contributed by atoms with Gasteiger partial charge in [0.25, 0.3) is 0 Å². The van der Waals surface area contributed by atoms with Crippen LogP contribution in [0.3, 0.4) is 0 Å². The van der Waals surface area contributed by atoms with E-state index in [1.54, 1.807) is 5.01 Å². The fourth-order valence-electron chi connectivity index (χ4n) is 3.06. The lowest BCUT2D eigenvalue weighted by Gasteiger charge is -2.26. The van der Waals surface area contributed by atoms with Crippen LogP contribution < -0.4 is 10.4 Å². The van der Waals surface area contributed by atoms with Gasteiger partial charge in [-0.05, 0) is 54.2 Å². The molecule has 0 bridgehead atoms. The number of halogens is 3. The molecule has 0 aliphatic rings. The summed E-state index contributed by atoms with van der Waals surface area (Å²) in [5.74, 6) is 0.528. The summed E-state index contributed by atoms with van der Waals surface area (Å²) in [5, 5.41) is 1.61. The maximum atomic E-state index is 12.9. The summed E-state index contributed by atoms with van der Waals surface area (Å²) in [5.41, 5.74) is 7.23. The molecule has 7 heteroatoms. The molecule has 0 spiro atoms. The second-order valence-electron chi connectivity index (χ2n) is 7.47. The summed E-state index contributed by atoms with van der Waals surface area (Å²) < 4.78 is 38.8. The van der Waals surface area contributed by atoms with Crippen molar-refractivity contribution < 1.29 is 13.2 Å². The number of nitrogens with zero attached hydrogens (tertiary/aromatic N) is 3. The molecule has 0 aliphatic carbocycles. The van der Waals surface area contributed by atoms with Crippen molar-refractivity contribution in [1.82, 2.24) is 9.97 Å². The lowest BCUT2D eigenvalue weighted by molar-refractivity contribution is -0.138. The van der Waals surface area contributed by atoms with E-state index in [1.165, 1.54) is 11.1 Å². The standard InChI is InChI=1S/C23H25F3N4/c1-5-17-6-11-21(16(4)12-17)30(22-27-13-19(14-28-22)23(24,25)26)29-20-9-7-18(8-10-20)15(2)3/h6-15,29H,5H2,1-4H3. The molecular weight excluding hydrogens is 389 g/mol. The van der Waals surface area contributed by atoms with Crippen molar-refractivity contribution in [2.45, 2.75) is 46.2 Å². The van der Waals surface area contributed by atoms with E-state index in [4.69, 9.17) is 0 Å². The van der Waals surface area contributed by atoms with E-state index in [0.717, 1.165) is 35.8 Å². The van der Waals surface area contributed by atoms with Crippen LogP contribution in [-0.4, -0.2) is 9.97 Å². The van der Waals surface area contributed by atoms with Crippen LogP contribution in [0.15, 0.2) is 54.9 Å². The Hall–Kier alpha value is -3.09. The third-order valence-corrected chi connectivity index (χ3v) is 4.89. The predicted octanol–water partition coefficient (Wildman–Crippen LogP) is 6.65. The number of benzene rings is 2. The minimum Gasteiger partial charge on any atom is -0.291 e. The largest absolute Gasteiger partial charge is 0.419 e. The highest BCUT2D eigenvalue weighted by atomic mass is 19.4. The van der Waals surface area contributed by atoms with Crippen LogP contribution >= 0.6 is 0 Å². The van der Waals surface area contributed by atoms with Crippen LogP contribution in [0.25, 0.3) is 0 Å². The fourth-order valence-corrected chi connectivity index (χ4v) is 3.06. The molecular formula is C23H25F3N4. The van der Waals surface area contributed by atoms with Crippen LogP contribution in [0, 0.1) is 6.92 Å². The Bertz CT molecular complexity index is 981. The highest BCUT2D eigenvalue weighted by molar-refractivity contribution is 5.67. The van der Waals surface area contributed by atoms with Crippen molar-refractivity contribution in [3.8, 4) is 0 Å². The molecule has 1 N–H and O–H groups in total. The van der Waals surface area contributed by atoms with E-state index in [0.29, 0.717) is 5.92 Å². The van der Waals surface area contributed by atoms with Crippen molar-refractivity contribution in [1.29, 1.82) is 0 Å². The van der Waals surface area contributed by atoms with Gasteiger partial charge in [-0.1, -0.05) is 45.0 Å². The molecule has 1 aromatic heterocycles. The van der Waals surface area contributed by atoms with E-state index in [1.807, 2.05) is 43.3 Å². The van der Waals surface area contributed by atoms with Gasteiger partial charge in [0.05, 0.1) is 16.9 Å². The van der Waals surface area contributed by atoms with Gasteiger partial charge in [-0.15, -0.1) is 0 Å². The fraction of sp³-hybridized carbons (Fsp3) is 0.304. The lowest BCUT2D eigenvalue weighted by Crippen LogP contribution is -2.27. The van der Waals surface area contributed by atoms with Gasteiger partial charge in [0.15, 0.2) is 0 Å². The molecule has 2 aromatic carbocycles. The number of aryl methyl sites for hydroxylation is 2. The first-order valence-corrected chi connectivity index (χ1v) is 9.84. The van der Waals surface area contributed by atoms with Gasteiger partial charge in [0.2, 0.25) is 5.95 Å². The van der Waals surface area contributed by atoms with E-state index in [2.05, 4.69) is 42.2 Å². The second-order valence-corrected chi connectivity index (χ2v) is 7.47. The van der Waals surface area contributed by atoms with Gasteiger partial charge < -0.3 is 0 Å².